The Hall–Kier alpha value is -2.86. The van der Waals surface area contributed by atoms with E-state index in [9.17, 15) is 4.79 Å². The number of carbonyl (C=O) groups is 1. The first kappa shape index (κ1) is 17.0. The van der Waals surface area contributed by atoms with E-state index in [-0.39, 0.29) is 5.91 Å². The Bertz CT molecular complexity index is 979. The average Bonchev–Trinajstić information content (AvgIpc) is 2.99. The Morgan fingerprint density at radius 1 is 1.20 bits per heavy atom. The lowest BCUT2D eigenvalue weighted by Gasteiger charge is -2.06. The van der Waals surface area contributed by atoms with Crippen molar-refractivity contribution in [3.05, 3.63) is 65.5 Å². The van der Waals surface area contributed by atoms with Gasteiger partial charge in [-0.2, -0.15) is 4.99 Å². The lowest BCUT2D eigenvalue weighted by atomic mass is 10.2. The number of thiazole rings is 1. The van der Waals surface area contributed by atoms with Gasteiger partial charge in [-0.25, -0.2) is 0 Å². The molecule has 1 amide bonds. The fraction of sp³-hybridized carbons (Fsp3) is 0.158. The van der Waals surface area contributed by atoms with Crippen LogP contribution >= 0.6 is 11.3 Å². The summed E-state index contributed by atoms with van der Waals surface area (Å²) >= 11 is 1.47. The fourth-order valence-corrected chi connectivity index (χ4v) is 3.53. The van der Waals surface area contributed by atoms with Gasteiger partial charge in [0.2, 0.25) is 0 Å². The molecule has 128 valence electrons. The minimum Gasteiger partial charge on any atom is -0.497 e. The summed E-state index contributed by atoms with van der Waals surface area (Å²) in [5.41, 5.74) is 1.45. The maximum absolute atomic E-state index is 12.7. The molecule has 0 spiro atoms. The molecule has 25 heavy (non-hydrogen) atoms. The summed E-state index contributed by atoms with van der Waals surface area (Å²) in [6.07, 6.45) is 1.79. The van der Waals surface area contributed by atoms with E-state index in [1.54, 1.807) is 38.5 Å². The van der Waals surface area contributed by atoms with Crippen LogP contribution in [0.5, 0.6) is 11.5 Å². The van der Waals surface area contributed by atoms with E-state index < -0.39 is 0 Å². The molecule has 0 N–H and O–H groups in total. The number of allylic oxidation sites excluding steroid dienone is 1. The predicted octanol–water partition coefficient (Wildman–Crippen LogP) is 3.65. The number of carbonyl (C=O) groups excluding carboxylic acids is 1. The van der Waals surface area contributed by atoms with E-state index in [4.69, 9.17) is 9.47 Å². The summed E-state index contributed by atoms with van der Waals surface area (Å²) in [5, 5.41) is 0. The monoisotopic (exact) mass is 354 g/mol. The first-order valence-electron chi connectivity index (χ1n) is 7.67. The number of benzene rings is 2. The van der Waals surface area contributed by atoms with Crippen LogP contribution in [-0.2, 0) is 6.54 Å². The van der Waals surface area contributed by atoms with Gasteiger partial charge in [-0.3, -0.25) is 4.79 Å². The molecule has 0 fully saturated rings. The van der Waals surface area contributed by atoms with Gasteiger partial charge in [0.05, 0.1) is 24.4 Å². The Morgan fingerprint density at radius 2 is 1.88 bits per heavy atom. The van der Waals surface area contributed by atoms with Crippen molar-refractivity contribution in [2.75, 3.05) is 14.2 Å². The van der Waals surface area contributed by atoms with Crippen molar-refractivity contribution in [2.24, 2.45) is 4.99 Å². The molecule has 0 atom stereocenters. The van der Waals surface area contributed by atoms with Gasteiger partial charge >= 0.3 is 0 Å². The van der Waals surface area contributed by atoms with E-state index in [2.05, 4.69) is 11.6 Å². The van der Waals surface area contributed by atoms with Crippen LogP contribution in [0.4, 0.5) is 0 Å². The molecule has 0 aliphatic heterocycles. The Balaban J connectivity index is 2.11. The number of fused-ring (bicyclic) bond motifs is 1. The molecule has 0 unspecified atom stereocenters. The molecule has 2 aromatic carbocycles. The second-order valence-electron chi connectivity index (χ2n) is 5.27. The highest BCUT2D eigenvalue weighted by molar-refractivity contribution is 7.16. The molecular weight excluding hydrogens is 336 g/mol. The van der Waals surface area contributed by atoms with Gasteiger partial charge in [-0.15, -0.1) is 6.58 Å². The lowest BCUT2D eigenvalue weighted by molar-refractivity contribution is 0.0997. The van der Waals surface area contributed by atoms with Crippen LogP contribution in [0.3, 0.4) is 0 Å². The molecule has 3 aromatic rings. The molecule has 0 saturated carbocycles. The second-order valence-corrected chi connectivity index (χ2v) is 6.28. The summed E-state index contributed by atoms with van der Waals surface area (Å²) in [6.45, 7) is 4.37. The normalized spacial score (nSPS) is 11.5. The van der Waals surface area contributed by atoms with Gasteiger partial charge in [0.25, 0.3) is 5.91 Å². The van der Waals surface area contributed by atoms with Crippen LogP contribution < -0.4 is 14.3 Å². The maximum Gasteiger partial charge on any atom is 0.279 e. The van der Waals surface area contributed by atoms with E-state index in [0.717, 1.165) is 10.2 Å². The van der Waals surface area contributed by atoms with Crippen LogP contribution in [0.1, 0.15) is 10.4 Å². The van der Waals surface area contributed by atoms with Crippen molar-refractivity contribution >= 4 is 27.5 Å². The van der Waals surface area contributed by atoms with E-state index in [1.807, 2.05) is 28.8 Å². The van der Waals surface area contributed by atoms with E-state index in [1.165, 1.54) is 11.3 Å². The third-order valence-corrected chi connectivity index (χ3v) is 4.75. The van der Waals surface area contributed by atoms with Crippen LogP contribution in [0.2, 0.25) is 0 Å². The number of para-hydroxylation sites is 1. The van der Waals surface area contributed by atoms with E-state index in [0.29, 0.717) is 28.4 Å². The van der Waals surface area contributed by atoms with Gasteiger partial charge in [0.1, 0.15) is 11.5 Å². The third kappa shape index (κ3) is 3.49. The van der Waals surface area contributed by atoms with Gasteiger partial charge in [-0.1, -0.05) is 29.5 Å². The quantitative estimate of drug-likeness (QED) is 0.657. The Labute approximate surface area is 149 Å². The molecule has 0 saturated heterocycles. The highest BCUT2D eigenvalue weighted by Crippen LogP contribution is 2.23. The fourth-order valence-electron chi connectivity index (χ4n) is 2.49. The highest BCUT2D eigenvalue weighted by atomic mass is 32.1. The number of ether oxygens (including phenoxy) is 2. The smallest absolute Gasteiger partial charge is 0.279 e. The second kappa shape index (κ2) is 7.36. The lowest BCUT2D eigenvalue weighted by Crippen LogP contribution is -2.16. The topological polar surface area (TPSA) is 52.8 Å². The molecule has 1 aromatic heterocycles. The molecule has 0 radical (unpaired) electrons. The average molecular weight is 354 g/mol. The zero-order valence-electron chi connectivity index (χ0n) is 14.1. The van der Waals surface area contributed by atoms with Crippen molar-refractivity contribution in [2.45, 2.75) is 6.54 Å². The largest absolute Gasteiger partial charge is 0.497 e. The summed E-state index contributed by atoms with van der Waals surface area (Å²) in [4.78, 5) is 17.6. The number of rotatable bonds is 5. The number of methoxy groups -OCH3 is 2. The van der Waals surface area contributed by atoms with Crippen LogP contribution in [0, 0.1) is 0 Å². The first-order valence-corrected chi connectivity index (χ1v) is 8.49. The van der Waals surface area contributed by atoms with Crippen LogP contribution in [0.15, 0.2) is 60.1 Å². The minimum absolute atomic E-state index is 0.346. The minimum atomic E-state index is -0.346. The molecule has 3 rings (SSSR count). The Kier molecular flexibility index (Phi) is 5.00. The molecule has 5 nitrogen and oxygen atoms in total. The van der Waals surface area contributed by atoms with Crippen LogP contribution in [0.25, 0.3) is 10.2 Å². The van der Waals surface area contributed by atoms with Crippen molar-refractivity contribution in [3.63, 3.8) is 0 Å². The first-order chi connectivity index (χ1) is 12.2. The summed E-state index contributed by atoms with van der Waals surface area (Å²) in [5.74, 6) is 0.753. The molecule has 0 bridgehead atoms. The van der Waals surface area contributed by atoms with Crippen LogP contribution in [-0.4, -0.2) is 24.7 Å². The van der Waals surface area contributed by atoms with Crippen molar-refractivity contribution < 1.29 is 14.3 Å². The predicted molar refractivity (Wildman–Crippen MR) is 99.5 cm³/mol. The van der Waals surface area contributed by atoms with Gasteiger partial charge in [0.15, 0.2) is 4.80 Å². The number of nitrogens with zero attached hydrogens (tertiary/aromatic N) is 2. The third-order valence-electron chi connectivity index (χ3n) is 3.70. The number of aromatic nitrogens is 1. The highest BCUT2D eigenvalue weighted by Gasteiger charge is 2.11. The van der Waals surface area contributed by atoms with Crippen molar-refractivity contribution in [3.8, 4) is 11.5 Å². The molecule has 0 aliphatic carbocycles. The Morgan fingerprint density at radius 3 is 2.52 bits per heavy atom. The zero-order valence-corrected chi connectivity index (χ0v) is 14.9. The SMILES string of the molecule is C=CCn1c(=NC(=O)c2cc(OC)cc(OC)c2)sc2ccccc21. The molecule has 1 heterocycles. The maximum atomic E-state index is 12.7. The molecule has 6 heteroatoms. The summed E-state index contributed by atoms with van der Waals surface area (Å²) < 4.78 is 13.5. The number of hydrogen-bond donors (Lipinski definition) is 0. The van der Waals surface area contributed by atoms with Crippen molar-refractivity contribution in [1.29, 1.82) is 0 Å². The summed E-state index contributed by atoms with van der Waals surface area (Å²) in [7, 11) is 3.09. The zero-order chi connectivity index (χ0) is 17.8. The van der Waals surface area contributed by atoms with Gasteiger partial charge < -0.3 is 14.0 Å². The van der Waals surface area contributed by atoms with E-state index >= 15 is 0 Å². The number of amides is 1. The summed E-state index contributed by atoms with van der Waals surface area (Å²) in [6, 6.07) is 13.0. The van der Waals surface area contributed by atoms with Gasteiger partial charge in [-0.05, 0) is 24.3 Å². The number of hydrogen-bond acceptors (Lipinski definition) is 4. The molecule has 0 aliphatic rings. The standard InChI is InChI=1S/C19H18N2O3S/c1-4-9-21-16-7-5-6-8-17(16)25-19(21)20-18(22)13-10-14(23-2)12-15(11-13)24-3/h4-8,10-12H,1,9H2,2-3H3. The van der Waals surface area contributed by atoms with Gasteiger partial charge in [0, 0.05) is 18.2 Å². The van der Waals surface area contributed by atoms with Crippen molar-refractivity contribution in [1.82, 2.24) is 4.57 Å². The molecular formula is C19H18N2O3S.